The quantitative estimate of drug-likeness (QED) is 0.0513. The molecule has 2 bridgehead atoms. The molecular weight excluding hydrogens is 935 g/mol. The normalized spacial score (nSPS) is 30.2. The monoisotopic (exact) mass is 991 g/mol. The number of nitrogens with one attached hydrogen (secondary N) is 4. The first-order valence-electron chi connectivity index (χ1n) is 22.7. The van der Waals surface area contributed by atoms with Gasteiger partial charge in [-0.2, -0.15) is 0 Å². The van der Waals surface area contributed by atoms with Gasteiger partial charge in [0.2, 0.25) is 11.6 Å². The lowest BCUT2D eigenvalue weighted by Gasteiger charge is -2.30. The van der Waals surface area contributed by atoms with Gasteiger partial charge in [-0.1, -0.05) is 70.1 Å². The highest BCUT2D eigenvalue weighted by molar-refractivity contribution is 5.90. The van der Waals surface area contributed by atoms with Crippen LogP contribution in [-0.4, -0.2) is 88.9 Å². The topological polar surface area (TPSA) is 358 Å². The lowest BCUT2D eigenvalue weighted by atomic mass is 9.93. The summed E-state index contributed by atoms with van der Waals surface area (Å²) in [6.07, 6.45) is 2.18. The summed E-state index contributed by atoms with van der Waals surface area (Å²) in [5, 5.41) is 6.59. The molecule has 4 aliphatic heterocycles. The fourth-order valence-electron chi connectivity index (χ4n) is 9.31. The van der Waals surface area contributed by atoms with E-state index in [0.29, 0.717) is 49.0 Å². The van der Waals surface area contributed by atoms with Crippen molar-refractivity contribution in [1.29, 1.82) is 0 Å². The number of hydrogen-bond donors (Lipinski definition) is 5. The Hall–Kier alpha value is -7.22. The number of morpholine rings is 1. The molecule has 382 valence electrons. The summed E-state index contributed by atoms with van der Waals surface area (Å²) in [6, 6.07) is 7.77. The molecule has 26 nitrogen and oxygen atoms in total. The average molecular weight is 992 g/mol. The smallest absolute Gasteiger partial charge is 0.330 e. The van der Waals surface area contributed by atoms with Crippen LogP contribution in [0.25, 0.3) is 10.4 Å². The van der Waals surface area contributed by atoms with Crippen LogP contribution in [0, 0.1) is 32.6 Å². The van der Waals surface area contributed by atoms with Crippen LogP contribution < -0.4 is 44.8 Å². The zero-order valence-electron chi connectivity index (χ0n) is 40.2. The maximum absolute atomic E-state index is 12.5. The summed E-state index contributed by atoms with van der Waals surface area (Å²) in [4.78, 5) is 114. The Kier molecular flexibility index (Phi) is 16.0. The second-order valence-corrected chi connectivity index (χ2v) is 17.5. The van der Waals surface area contributed by atoms with E-state index in [-0.39, 0.29) is 18.3 Å². The summed E-state index contributed by atoms with van der Waals surface area (Å²) < 4.78 is 37.6. The zero-order chi connectivity index (χ0) is 52.2. The van der Waals surface area contributed by atoms with Gasteiger partial charge in [-0.25, -0.2) is 14.4 Å². The first-order chi connectivity index (χ1) is 33.7. The number of rotatable bonds is 14. The lowest BCUT2D eigenvalue weighted by molar-refractivity contribution is -0.238. The molecule has 7 heterocycles. The molecule has 3 unspecified atom stereocenters. The Morgan fingerprint density at radius 1 is 0.704 bits per heavy atom. The minimum atomic E-state index is -1.31. The van der Waals surface area contributed by atoms with Crippen molar-refractivity contribution in [3.63, 3.8) is 0 Å². The number of amides is 1. The van der Waals surface area contributed by atoms with Gasteiger partial charge in [-0.05, 0) is 38.3 Å². The third-order valence-corrected chi connectivity index (χ3v) is 13.6. The van der Waals surface area contributed by atoms with Gasteiger partial charge < -0.3 is 39.5 Å². The highest BCUT2D eigenvalue weighted by Gasteiger charge is 2.66. The van der Waals surface area contributed by atoms with E-state index in [4.69, 9.17) is 39.7 Å². The number of aromatic nitrogens is 6. The molecule has 12 atom stereocenters. The number of ether oxygens (including phenoxy) is 6. The maximum atomic E-state index is 12.5. The third kappa shape index (κ3) is 9.94. The van der Waals surface area contributed by atoms with Crippen LogP contribution in [0.2, 0.25) is 0 Å². The molecule has 4 aromatic rings. The predicted octanol–water partition coefficient (Wildman–Crippen LogP) is 1.19. The Balaban J connectivity index is 0.000000176. The average Bonchev–Trinajstić information content (AvgIpc) is 3.99. The van der Waals surface area contributed by atoms with E-state index in [9.17, 15) is 43.2 Å². The number of azide groups is 1. The van der Waals surface area contributed by atoms with Crippen molar-refractivity contribution < 1.29 is 42.8 Å². The van der Waals surface area contributed by atoms with Crippen molar-refractivity contribution >= 4 is 18.9 Å². The fourth-order valence-corrected chi connectivity index (χ4v) is 9.31. The number of carbonyl (C=O) groups is 3. The molecule has 0 radical (unpaired) electrons. The van der Waals surface area contributed by atoms with Gasteiger partial charge >= 0.3 is 17.1 Å². The third-order valence-electron chi connectivity index (χ3n) is 13.6. The minimum Gasteiger partial charge on any atom is -0.435 e. The SMILES string of the molecule is CC[C@@]1(OC=O)O[C@@H](n2cc(C)c(=O)[nH]c2=O)[C@@H](N)C1C.CC[C@@]1(OC=O)O[C@@H](n2cc(C)c(=O)[nH]c2=O)[C@@H](N=[N+]=[N-])C1C.CC[C@]12O[C@@H](n3cc(C)c(=O)[nH]c3=O)[C@@H](NC1=O)C2OCc1ccccc1. The van der Waals surface area contributed by atoms with E-state index in [2.05, 4.69) is 30.3 Å². The highest BCUT2D eigenvalue weighted by atomic mass is 16.7. The van der Waals surface area contributed by atoms with Gasteiger partial charge in [0.1, 0.15) is 12.1 Å². The molecule has 8 rings (SSSR count). The second kappa shape index (κ2) is 21.4. The molecule has 4 saturated heterocycles. The number of nitrogens with zero attached hydrogens (tertiary/aromatic N) is 6. The number of aryl methyl sites for hydroxylation is 3. The van der Waals surface area contributed by atoms with Gasteiger partial charge in [0.25, 0.3) is 35.5 Å². The maximum Gasteiger partial charge on any atom is 0.330 e. The van der Waals surface area contributed by atoms with Crippen LogP contribution in [0.4, 0.5) is 0 Å². The summed E-state index contributed by atoms with van der Waals surface area (Å²) in [5.74, 6) is -3.52. The molecule has 4 aliphatic rings. The molecule has 1 amide bonds. The summed E-state index contributed by atoms with van der Waals surface area (Å²) in [7, 11) is 0. The van der Waals surface area contributed by atoms with E-state index >= 15 is 0 Å². The van der Waals surface area contributed by atoms with Crippen LogP contribution in [0.3, 0.4) is 0 Å². The second-order valence-electron chi connectivity index (χ2n) is 17.5. The Morgan fingerprint density at radius 3 is 1.63 bits per heavy atom. The molecule has 4 fully saturated rings. The van der Waals surface area contributed by atoms with Crippen molar-refractivity contribution in [3.05, 3.63) is 144 Å². The van der Waals surface area contributed by atoms with Gasteiger partial charge in [-0.3, -0.25) is 57.4 Å². The van der Waals surface area contributed by atoms with Crippen LogP contribution >= 0.6 is 0 Å². The molecule has 6 N–H and O–H groups in total. The molecule has 3 aromatic heterocycles. The fraction of sp³-hybridized carbons (Fsp3) is 0.533. The van der Waals surface area contributed by atoms with E-state index in [1.807, 2.05) is 37.3 Å². The number of fused-ring (bicyclic) bond motifs is 2. The minimum absolute atomic E-state index is 0.237. The van der Waals surface area contributed by atoms with E-state index in [0.717, 1.165) is 10.1 Å². The van der Waals surface area contributed by atoms with Crippen molar-refractivity contribution in [2.24, 2.45) is 22.7 Å². The van der Waals surface area contributed by atoms with Crippen molar-refractivity contribution in [2.45, 2.75) is 141 Å². The molecule has 26 heteroatoms. The van der Waals surface area contributed by atoms with Crippen LogP contribution in [0.15, 0.2) is 82.8 Å². The molecule has 0 saturated carbocycles. The van der Waals surface area contributed by atoms with E-state index in [1.165, 1.54) is 34.6 Å². The number of nitrogens with two attached hydrogens (primary N) is 1. The standard InChI is InChI=1S/C19H21N3O5.C13H17N5O5.C13H19N3O5/c1-3-19-14(26-10-12-7-5-4-6-8-12)13(20-17(19)24)16(27-19)22-9-11(2)15(23)21-18(22)25;1-4-13(22-6-19)8(3)9(16-17-14)11(23-13)18-5-7(2)10(20)15-12(18)21;1-4-13(20-6-17)8(3)9(14)11(21-13)16-5-7(2)10(18)15-12(16)19/h4-9,13-14,16H,3,10H2,1-2H3,(H,20,24)(H,21,23,25);5-6,8-9,11H,4H2,1-3H3,(H,15,20,21);5-6,8-9,11H,4,14H2,1-3H3,(H,15,18,19)/t13-,14?,16+,19+;2*8?,9-,11+,13+/m000/s1. The zero-order valence-corrected chi connectivity index (χ0v) is 40.2. The molecule has 1 aromatic carbocycles. The Morgan fingerprint density at radius 2 is 1.17 bits per heavy atom. The largest absolute Gasteiger partial charge is 0.435 e. The van der Waals surface area contributed by atoms with Gasteiger partial charge in [0.15, 0.2) is 24.3 Å². The molecular formula is C45H57N11O15. The lowest BCUT2D eigenvalue weighted by Crippen LogP contribution is -2.50. The summed E-state index contributed by atoms with van der Waals surface area (Å²) in [6.45, 7) is 14.5. The van der Waals surface area contributed by atoms with E-state index < -0.39 is 99.8 Å². The van der Waals surface area contributed by atoms with Crippen LogP contribution in [0.1, 0.15) is 94.8 Å². The van der Waals surface area contributed by atoms with Gasteiger partial charge in [0.05, 0.1) is 18.7 Å². The predicted molar refractivity (Wildman–Crippen MR) is 248 cm³/mol. The number of hydrogen-bond acceptors (Lipinski definition) is 17. The van der Waals surface area contributed by atoms with Gasteiger partial charge in [-0.15, -0.1) is 0 Å². The summed E-state index contributed by atoms with van der Waals surface area (Å²) in [5.41, 5.74) is 12.5. The summed E-state index contributed by atoms with van der Waals surface area (Å²) >= 11 is 0. The molecule has 71 heavy (non-hydrogen) atoms. The molecule has 0 spiro atoms. The first kappa shape index (κ1) is 53.1. The van der Waals surface area contributed by atoms with Crippen molar-refractivity contribution in [1.82, 2.24) is 34.0 Å². The first-order valence-corrected chi connectivity index (χ1v) is 22.7. The van der Waals surface area contributed by atoms with Gasteiger partial charge in [0, 0.05) is 64.9 Å². The van der Waals surface area contributed by atoms with Crippen molar-refractivity contribution in [3.8, 4) is 0 Å². The van der Waals surface area contributed by atoms with Crippen LogP contribution in [0.5, 0.6) is 0 Å². The highest BCUT2D eigenvalue weighted by Crippen LogP contribution is 2.47. The Bertz CT molecular complexity index is 3030. The van der Waals surface area contributed by atoms with Crippen molar-refractivity contribution in [2.75, 3.05) is 0 Å². The van der Waals surface area contributed by atoms with E-state index in [1.54, 1.807) is 41.5 Å². The Labute approximate surface area is 403 Å². The number of benzene rings is 1. The molecule has 0 aliphatic carbocycles. The number of carbonyl (C=O) groups excluding carboxylic acids is 3. The van der Waals surface area contributed by atoms with Crippen LogP contribution in [-0.2, 0) is 49.4 Å². The number of aromatic amines is 3. The number of H-pyrrole nitrogens is 3.